The molecule has 2 unspecified atom stereocenters. The first-order valence-corrected chi connectivity index (χ1v) is 8.44. The van der Waals surface area contributed by atoms with E-state index in [1.807, 2.05) is 18.2 Å². The average molecular weight is 320 g/mol. The number of hydrogen-bond donors (Lipinski definition) is 1. The van der Waals surface area contributed by atoms with Crippen LogP contribution >= 0.6 is 0 Å². The van der Waals surface area contributed by atoms with Gasteiger partial charge in [-0.3, -0.25) is 9.59 Å². The van der Waals surface area contributed by atoms with Gasteiger partial charge in [-0.25, -0.2) is 0 Å². The van der Waals surface area contributed by atoms with Crippen LogP contribution in [0.4, 0.5) is 0 Å². The molecular weight excluding hydrogens is 300 g/mol. The standard InChI is InChI=1S/C20H20N2O2/c23-19(14-5-2-1-3-6-14)15-7-4-8-16(11-15)20(24)21-18-13-22-10-9-17(18)12-22/h1-8,11,17-18H,9-10,12-13H2,(H,21,24)/t17-,18?/m0/s1. The molecule has 0 saturated carbocycles. The van der Waals surface area contributed by atoms with E-state index < -0.39 is 0 Å². The molecule has 3 atom stereocenters. The Morgan fingerprint density at radius 2 is 1.67 bits per heavy atom. The summed E-state index contributed by atoms with van der Waals surface area (Å²) in [5.41, 5.74) is 1.73. The topological polar surface area (TPSA) is 49.4 Å². The Bertz CT molecular complexity index is 772. The largest absolute Gasteiger partial charge is 0.348 e. The van der Waals surface area contributed by atoms with Gasteiger partial charge in [-0.05, 0) is 31.0 Å². The van der Waals surface area contributed by atoms with Gasteiger partial charge in [0.2, 0.25) is 0 Å². The maximum atomic E-state index is 12.5. The predicted molar refractivity (Wildman–Crippen MR) is 92.1 cm³/mol. The first kappa shape index (κ1) is 15.1. The summed E-state index contributed by atoms with van der Waals surface area (Å²) < 4.78 is 0. The van der Waals surface area contributed by atoms with Crippen LogP contribution in [0.15, 0.2) is 54.6 Å². The highest BCUT2D eigenvalue weighted by atomic mass is 16.1. The van der Waals surface area contributed by atoms with Crippen molar-refractivity contribution in [1.82, 2.24) is 10.2 Å². The summed E-state index contributed by atoms with van der Waals surface area (Å²) in [6.45, 7) is 3.19. The minimum absolute atomic E-state index is 0.0590. The SMILES string of the molecule is O=C(NC1CN2CC[C@H]1C2)c1cccc(C(=O)c2ccccc2)c1. The number of rotatable bonds is 4. The number of hydrogen-bond acceptors (Lipinski definition) is 3. The van der Waals surface area contributed by atoms with E-state index in [9.17, 15) is 9.59 Å². The first-order valence-electron chi connectivity index (χ1n) is 8.44. The Balaban J connectivity index is 1.50. The van der Waals surface area contributed by atoms with Crippen molar-refractivity contribution in [3.63, 3.8) is 0 Å². The number of carbonyl (C=O) groups is 2. The van der Waals surface area contributed by atoms with Crippen LogP contribution in [0.5, 0.6) is 0 Å². The van der Waals surface area contributed by atoms with E-state index in [1.54, 1.807) is 36.4 Å². The summed E-state index contributed by atoms with van der Waals surface area (Å²) in [6, 6.07) is 16.4. The highest BCUT2D eigenvalue weighted by Gasteiger charge is 2.38. The third-order valence-corrected chi connectivity index (χ3v) is 5.07. The molecule has 1 amide bonds. The molecule has 2 aromatic rings. The molecule has 0 radical (unpaired) electrons. The van der Waals surface area contributed by atoms with Gasteiger partial charge in [0.1, 0.15) is 0 Å². The van der Waals surface area contributed by atoms with Crippen molar-refractivity contribution in [3.05, 3.63) is 71.3 Å². The van der Waals surface area contributed by atoms with Crippen LogP contribution in [0.2, 0.25) is 0 Å². The van der Waals surface area contributed by atoms with E-state index in [0.29, 0.717) is 22.6 Å². The van der Waals surface area contributed by atoms with E-state index >= 15 is 0 Å². The van der Waals surface area contributed by atoms with Gasteiger partial charge in [0.15, 0.2) is 5.78 Å². The number of benzene rings is 2. The number of fused-ring (bicyclic) bond motifs is 2. The monoisotopic (exact) mass is 320 g/mol. The third-order valence-electron chi connectivity index (χ3n) is 5.07. The highest BCUT2D eigenvalue weighted by molar-refractivity contribution is 6.10. The van der Waals surface area contributed by atoms with Crippen molar-refractivity contribution in [2.75, 3.05) is 19.6 Å². The average Bonchev–Trinajstić information content (AvgIpc) is 3.25. The maximum Gasteiger partial charge on any atom is 0.251 e. The molecule has 4 heteroatoms. The lowest BCUT2D eigenvalue weighted by atomic mass is 9.98. The molecule has 2 aromatic carbocycles. The normalized spacial score (nSPS) is 24.8. The molecule has 1 N–H and O–H groups in total. The molecule has 122 valence electrons. The molecule has 0 aromatic heterocycles. The van der Waals surface area contributed by atoms with Crippen LogP contribution in [-0.4, -0.2) is 42.3 Å². The Labute approximate surface area is 141 Å². The lowest BCUT2D eigenvalue weighted by Gasteiger charge is -2.23. The number of amides is 1. The third kappa shape index (κ3) is 2.85. The van der Waals surface area contributed by atoms with E-state index in [4.69, 9.17) is 0 Å². The van der Waals surface area contributed by atoms with Crippen LogP contribution in [0.25, 0.3) is 0 Å². The summed E-state index contributed by atoms with van der Waals surface area (Å²) in [7, 11) is 0. The molecule has 2 fully saturated rings. The van der Waals surface area contributed by atoms with Gasteiger partial charge in [-0.15, -0.1) is 0 Å². The minimum Gasteiger partial charge on any atom is -0.348 e. The Morgan fingerprint density at radius 3 is 2.38 bits per heavy atom. The fraction of sp³-hybridized carbons (Fsp3) is 0.300. The fourth-order valence-corrected chi connectivity index (χ4v) is 3.76. The van der Waals surface area contributed by atoms with E-state index in [-0.39, 0.29) is 17.7 Å². The minimum atomic E-state index is -0.0866. The van der Waals surface area contributed by atoms with E-state index in [1.165, 1.54) is 0 Å². The molecule has 2 bridgehead atoms. The number of ketones is 1. The quantitative estimate of drug-likeness (QED) is 0.880. The van der Waals surface area contributed by atoms with Crippen molar-refractivity contribution < 1.29 is 9.59 Å². The van der Waals surface area contributed by atoms with Crippen molar-refractivity contribution in [1.29, 1.82) is 0 Å². The fourth-order valence-electron chi connectivity index (χ4n) is 3.76. The van der Waals surface area contributed by atoms with Gasteiger partial charge in [0.05, 0.1) is 0 Å². The molecule has 4 rings (SSSR count). The molecule has 2 aliphatic rings. The number of nitrogens with zero attached hydrogens (tertiary/aromatic N) is 1. The van der Waals surface area contributed by atoms with Crippen molar-refractivity contribution in [2.24, 2.45) is 5.92 Å². The summed E-state index contributed by atoms with van der Waals surface area (Å²) in [5.74, 6) is 0.427. The van der Waals surface area contributed by atoms with Crippen LogP contribution in [0.1, 0.15) is 32.7 Å². The molecule has 2 saturated heterocycles. The van der Waals surface area contributed by atoms with E-state index in [2.05, 4.69) is 10.2 Å². The second-order valence-corrected chi connectivity index (χ2v) is 6.66. The van der Waals surface area contributed by atoms with Crippen molar-refractivity contribution >= 4 is 11.7 Å². The molecule has 4 nitrogen and oxygen atoms in total. The Kier molecular flexibility index (Phi) is 3.90. The summed E-state index contributed by atoms with van der Waals surface area (Å²) >= 11 is 0. The zero-order chi connectivity index (χ0) is 16.5. The summed E-state index contributed by atoms with van der Waals surface area (Å²) in [6.07, 6.45) is 1.16. The molecule has 2 heterocycles. The van der Waals surface area contributed by atoms with Gasteiger partial charge in [-0.2, -0.15) is 0 Å². The first-order chi connectivity index (χ1) is 11.7. The van der Waals surface area contributed by atoms with Gasteiger partial charge < -0.3 is 10.2 Å². The zero-order valence-electron chi connectivity index (χ0n) is 13.4. The molecule has 0 aliphatic carbocycles. The molecule has 0 spiro atoms. The van der Waals surface area contributed by atoms with Gasteiger partial charge >= 0.3 is 0 Å². The number of piperidine rings is 1. The molecule has 24 heavy (non-hydrogen) atoms. The molecular formula is C20H20N2O2. The number of carbonyl (C=O) groups excluding carboxylic acids is 2. The lowest BCUT2D eigenvalue weighted by Crippen LogP contribution is -2.43. The number of nitrogens with one attached hydrogen (secondary N) is 1. The summed E-state index contributed by atoms with van der Waals surface area (Å²) in [5, 5.41) is 3.14. The second kappa shape index (κ2) is 6.21. The van der Waals surface area contributed by atoms with Gasteiger partial charge in [0, 0.05) is 35.8 Å². The van der Waals surface area contributed by atoms with Crippen LogP contribution in [-0.2, 0) is 0 Å². The van der Waals surface area contributed by atoms with Crippen LogP contribution in [0.3, 0.4) is 0 Å². The van der Waals surface area contributed by atoms with Crippen molar-refractivity contribution in [2.45, 2.75) is 12.5 Å². The Morgan fingerprint density at radius 1 is 0.917 bits per heavy atom. The molecule has 2 aliphatic heterocycles. The van der Waals surface area contributed by atoms with Gasteiger partial charge in [0.25, 0.3) is 5.91 Å². The predicted octanol–water partition coefficient (Wildman–Crippen LogP) is 2.35. The Hall–Kier alpha value is -2.46. The summed E-state index contributed by atoms with van der Waals surface area (Å²) in [4.78, 5) is 27.5. The highest BCUT2D eigenvalue weighted by Crippen LogP contribution is 2.28. The zero-order valence-corrected chi connectivity index (χ0v) is 13.4. The van der Waals surface area contributed by atoms with Crippen LogP contribution in [0, 0.1) is 5.92 Å². The van der Waals surface area contributed by atoms with Crippen molar-refractivity contribution in [3.8, 4) is 0 Å². The van der Waals surface area contributed by atoms with Gasteiger partial charge in [-0.1, -0.05) is 42.5 Å². The second-order valence-electron chi connectivity index (χ2n) is 6.66. The van der Waals surface area contributed by atoms with E-state index in [0.717, 1.165) is 26.1 Å². The lowest BCUT2D eigenvalue weighted by molar-refractivity contribution is 0.0924. The smallest absolute Gasteiger partial charge is 0.251 e. The maximum absolute atomic E-state index is 12.5. The van der Waals surface area contributed by atoms with Crippen LogP contribution < -0.4 is 5.32 Å².